The number of nitrogens with zero attached hydrogens (tertiary/aromatic N) is 2. The topological polar surface area (TPSA) is 61.8 Å². The third-order valence-corrected chi connectivity index (χ3v) is 2.30. The minimum Gasteiger partial charge on any atom is -0.392 e. The van der Waals surface area contributed by atoms with Crippen LogP contribution in [-0.4, -0.2) is 32.1 Å². The average molecular weight is 173 g/mol. The van der Waals surface area contributed by atoms with Gasteiger partial charge >= 0.3 is 0 Å². The molecule has 0 saturated heterocycles. The maximum atomic E-state index is 9.17. The van der Waals surface area contributed by atoms with Crippen LogP contribution in [0.1, 0.15) is 13.3 Å². The van der Waals surface area contributed by atoms with E-state index in [-0.39, 0.29) is 6.10 Å². The maximum absolute atomic E-state index is 9.17. The Morgan fingerprint density at radius 3 is 3.18 bits per heavy atom. The number of aliphatic hydroxyl groups excluding tert-OH is 1. The Kier molecular flexibility index (Phi) is 3.38. The highest BCUT2D eigenvalue weighted by molar-refractivity contribution is 7.99. The minimum atomic E-state index is -0.245. The molecular formula is C6H11N3OS. The van der Waals surface area contributed by atoms with Gasteiger partial charge in [-0.3, -0.25) is 5.10 Å². The number of thioether (sulfide) groups is 1. The Morgan fingerprint density at radius 2 is 2.64 bits per heavy atom. The predicted octanol–water partition coefficient (Wildman–Crippen LogP) is 0.668. The van der Waals surface area contributed by atoms with Crippen LogP contribution in [0.5, 0.6) is 0 Å². The summed E-state index contributed by atoms with van der Waals surface area (Å²) in [6, 6.07) is 0. The van der Waals surface area contributed by atoms with Gasteiger partial charge in [0.2, 0.25) is 0 Å². The van der Waals surface area contributed by atoms with Crippen molar-refractivity contribution in [2.24, 2.45) is 0 Å². The summed E-state index contributed by atoms with van der Waals surface area (Å²) in [5.41, 5.74) is 0. The van der Waals surface area contributed by atoms with Crippen LogP contribution >= 0.6 is 11.8 Å². The van der Waals surface area contributed by atoms with E-state index in [0.29, 0.717) is 5.75 Å². The number of H-pyrrole nitrogens is 1. The number of hydrogen-bond donors (Lipinski definition) is 2. The van der Waals surface area contributed by atoms with E-state index in [1.54, 1.807) is 0 Å². The van der Waals surface area contributed by atoms with Crippen molar-refractivity contribution in [3.8, 4) is 0 Å². The minimum absolute atomic E-state index is 0.245. The van der Waals surface area contributed by atoms with Gasteiger partial charge in [0, 0.05) is 5.75 Å². The Hall–Kier alpha value is -0.550. The summed E-state index contributed by atoms with van der Waals surface area (Å²) in [6.45, 7) is 1.95. The molecule has 1 aromatic heterocycles. The summed E-state index contributed by atoms with van der Waals surface area (Å²) in [5.74, 6) is 0.672. The lowest BCUT2D eigenvalue weighted by atomic mass is 10.3. The zero-order valence-corrected chi connectivity index (χ0v) is 7.14. The van der Waals surface area contributed by atoms with Crippen molar-refractivity contribution in [3.63, 3.8) is 0 Å². The molecule has 1 heterocycles. The van der Waals surface area contributed by atoms with E-state index in [2.05, 4.69) is 15.2 Å². The van der Waals surface area contributed by atoms with Crippen molar-refractivity contribution < 1.29 is 5.11 Å². The molecule has 0 radical (unpaired) electrons. The fraction of sp³-hybridized carbons (Fsp3) is 0.667. The second-order valence-corrected chi connectivity index (χ2v) is 3.17. The summed E-state index contributed by atoms with van der Waals surface area (Å²) in [6.07, 6.45) is 1.99. The second kappa shape index (κ2) is 4.35. The Morgan fingerprint density at radius 1 is 1.82 bits per heavy atom. The molecular weight excluding hydrogens is 162 g/mol. The first-order valence-corrected chi connectivity index (χ1v) is 4.47. The molecule has 0 aliphatic heterocycles. The van der Waals surface area contributed by atoms with Crippen LogP contribution in [-0.2, 0) is 0 Å². The number of aliphatic hydroxyl groups is 1. The first-order valence-electron chi connectivity index (χ1n) is 3.49. The third kappa shape index (κ3) is 2.90. The molecule has 5 heteroatoms. The lowest BCUT2D eigenvalue weighted by Gasteiger charge is -2.03. The number of rotatable bonds is 4. The Labute approximate surface area is 69.4 Å². The normalized spacial score (nSPS) is 13.3. The molecule has 62 valence electrons. The first kappa shape index (κ1) is 8.55. The molecule has 11 heavy (non-hydrogen) atoms. The van der Waals surface area contributed by atoms with Crippen molar-refractivity contribution in [2.75, 3.05) is 5.75 Å². The van der Waals surface area contributed by atoms with E-state index in [1.807, 2.05) is 6.92 Å². The van der Waals surface area contributed by atoms with Crippen LogP contribution in [0.4, 0.5) is 0 Å². The predicted molar refractivity (Wildman–Crippen MR) is 43.4 cm³/mol. The van der Waals surface area contributed by atoms with Gasteiger partial charge in [-0.1, -0.05) is 18.7 Å². The van der Waals surface area contributed by atoms with Gasteiger partial charge < -0.3 is 5.11 Å². The lowest BCUT2D eigenvalue weighted by Crippen LogP contribution is -2.07. The van der Waals surface area contributed by atoms with E-state index >= 15 is 0 Å². The highest BCUT2D eigenvalue weighted by Crippen LogP contribution is 2.12. The van der Waals surface area contributed by atoms with Crippen LogP contribution in [0.3, 0.4) is 0 Å². The molecule has 4 nitrogen and oxygen atoms in total. The van der Waals surface area contributed by atoms with E-state index in [1.165, 1.54) is 18.1 Å². The van der Waals surface area contributed by atoms with Crippen LogP contribution in [0, 0.1) is 0 Å². The second-order valence-electron chi connectivity index (χ2n) is 2.16. The molecule has 2 N–H and O–H groups in total. The fourth-order valence-electron chi connectivity index (χ4n) is 0.557. The van der Waals surface area contributed by atoms with E-state index in [4.69, 9.17) is 0 Å². The summed E-state index contributed by atoms with van der Waals surface area (Å²) < 4.78 is 0. The summed E-state index contributed by atoms with van der Waals surface area (Å²) in [4.78, 5) is 3.91. The average Bonchev–Trinajstić information content (AvgIpc) is 2.52. The van der Waals surface area contributed by atoms with Crippen molar-refractivity contribution in [1.29, 1.82) is 0 Å². The highest BCUT2D eigenvalue weighted by atomic mass is 32.2. The van der Waals surface area contributed by atoms with Crippen molar-refractivity contribution in [3.05, 3.63) is 6.33 Å². The molecule has 1 aromatic rings. The number of nitrogens with one attached hydrogen (secondary N) is 1. The molecule has 0 bridgehead atoms. The Balaban J connectivity index is 2.23. The van der Waals surface area contributed by atoms with Gasteiger partial charge in [0.15, 0.2) is 5.16 Å². The largest absolute Gasteiger partial charge is 0.392 e. The van der Waals surface area contributed by atoms with E-state index < -0.39 is 0 Å². The van der Waals surface area contributed by atoms with Crippen LogP contribution in [0.2, 0.25) is 0 Å². The van der Waals surface area contributed by atoms with Crippen molar-refractivity contribution >= 4 is 11.8 Å². The lowest BCUT2D eigenvalue weighted by molar-refractivity contribution is 0.195. The fourth-order valence-corrected chi connectivity index (χ4v) is 1.38. The molecule has 1 rings (SSSR count). The maximum Gasteiger partial charge on any atom is 0.183 e. The molecule has 0 amide bonds. The van der Waals surface area contributed by atoms with Crippen LogP contribution in [0.15, 0.2) is 11.5 Å². The van der Waals surface area contributed by atoms with Gasteiger partial charge in [-0.2, -0.15) is 5.10 Å². The van der Waals surface area contributed by atoms with E-state index in [9.17, 15) is 5.11 Å². The molecule has 0 aromatic carbocycles. The summed E-state index contributed by atoms with van der Waals surface area (Å²) in [7, 11) is 0. The molecule has 0 spiro atoms. The van der Waals surface area contributed by atoms with Gasteiger partial charge in [-0.05, 0) is 6.42 Å². The molecule has 0 aliphatic rings. The summed E-state index contributed by atoms with van der Waals surface area (Å²) >= 11 is 1.48. The molecule has 0 saturated carbocycles. The van der Waals surface area contributed by atoms with Crippen LogP contribution < -0.4 is 0 Å². The van der Waals surface area contributed by atoms with E-state index in [0.717, 1.165) is 11.6 Å². The molecule has 1 atom stereocenters. The molecule has 1 unspecified atom stereocenters. The molecule has 0 aliphatic carbocycles. The van der Waals surface area contributed by atoms with Crippen molar-refractivity contribution in [1.82, 2.24) is 15.2 Å². The van der Waals surface area contributed by atoms with Gasteiger partial charge in [-0.15, -0.1) is 0 Å². The monoisotopic (exact) mass is 173 g/mol. The van der Waals surface area contributed by atoms with Crippen LogP contribution in [0.25, 0.3) is 0 Å². The highest BCUT2D eigenvalue weighted by Gasteiger charge is 2.02. The third-order valence-electron chi connectivity index (χ3n) is 1.28. The Bertz CT molecular complexity index is 190. The van der Waals surface area contributed by atoms with Gasteiger partial charge in [0.1, 0.15) is 6.33 Å². The number of aromatic nitrogens is 3. The van der Waals surface area contributed by atoms with Gasteiger partial charge in [0.05, 0.1) is 6.10 Å². The van der Waals surface area contributed by atoms with Crippen molar-refractivity contribution in [2.45, 2.75) is 24.6 Å². The zero-order valence-electron chi connectivity index (χ0n) is 6.32. The quantitative estimate of drug-likeness (QED) is 0.657. The SMILES string of the molecule is CCC(O)CSc1ncn[nH]1. The first-order chi connectivity index (χ1) is 5.33. The van der Waals surface area contributed by atoms with Gasteiger partial charge in [-0.25, -0.2) is 4.98 Å². The van der Waals surface area contributed by atoms with Gasteiger partial charge in [0.25, 0.3) is 0 Å². The smallest absolute Gasteiger partial charge is 0.183 e. The number of aromatic amines is 1. The zero-order chi connectivity index (χ0) is 8.10. The standard InChI is InChI=1S/C6H11N3OS/c1-2-5(10)3-11-6-7-4-8-9-6/h4-5,10H,2-3H2,1H3,(H,7,8,9). The molecule has 0 fully saturated rings. The summed E-state index contributed by atoms with van der Waals surface area (Å²) in [5, 5.41) is 16.3. The number of hydrogen-bond acceptors (Lipinski definition) is 4.